The van der Waals surface area contributed by atoms with Gasteiger partial charge in [-0.25, -0.2) is 0 Å². The van der Waals surface area contributed by atoms with Crippen molar-refractivity contribution in [1.82, 2.24) is 0 Å². The summed E-state index contributed by atoms with van der Waals surface area (Å²) in [5, 5.41) is 9.24. The Balaban J connectivity index is 2.99. The van der Waals surface area contributed by atoms with Crippen molar-refractivity contribution in [2.75, 3.05) is 0 Å². The van der Waals surface area contributed by atoms with E-state index in [0.717, 1.165) is 12.8 Å². The maximum atomic E-state index is 9.24. The third-order valence-electron chi connectivity index (χ3n) is 3.12. The van der Waals surface area contributed by atoms with Crippen LogP contribution in [0.2, 0.25) is 0 Å². The molecule has 16 heavy (non-hydrogen) atoms. The summed E-state index contributed by atoms with van der Waals surface area (Å²) in [6, 6.07) is 0. The van der Waals surface area contributed by atoms with Crippen molar-refractivity contribution >= 4 is 0 Å². The smallest absolute Gasteiger partial charge is 0.0880 e. The molecule has 0 atom stereocenters. The van der Waals surface area contributed by atoms with Gasteiger partial charge in [0.2, 0.25) is 0 Å². The third kappa shape index (κ3) is 11.6. The highest BCUT2D eigenvalue weighted by molar-refractivity contribution is 4.86. The molecule has 1 N–H and O–H groups in total. The molecule has 0 rings (SSSR count). The summed E-state index contributed by atoms with van der Waals surface area (Å²) in [6.45, 7) is 4.16. The molecule has 0 radical (unpaired) electrons. The van der Waals surface area contributed by atoms with E-state index in [1.165, 1.54) is 57.8 Å². The molecule has 0 heterocycles. The summed E-state index contributed by atoms with van der Waals surface area (Å²) >= 11 is 0. The van der Waals surface area contributed by atoms with Gasteiger partial charge in [0.15, 0.2) is 0 Å². The minimum Gasteiger partial charge on any atom is -0.513 e. The van der Waals surface area contributed by atoms with Crippen molar-refractivity contribution in [3.05, 3.63) is 11.8 Å². The largest absolute Gasteiger partial charge is 0.513 e. The summed E-state index contributed by atoms with van der Waals surface area (Å²) in [6.07, 6.45) is 16.2. The molecule has 0 aromatic carbocycles. The molecule has 0 aliphatic heterocycles. The van der Waals surface area contributed by atoms with Crippen LogP contribution in [0, 0.1) is 0 Å². The first-order chi connectivity index (χ1) is 7.81. The van der Waals surface area contributed by atoms with Crippen LogP contribution in [0.3, 0.4) is 0 Å². The van der Waals surface area contributed by atoms with Gasteiger partial charge in [-0.15, -0.1) is 0 Å². The second-order valence-corrected chi connectivity index (χ2v) is 4.71. The molecule has 0 aliphatic rings. The fraction of sp³-hybridized carbons (Fsp3) is 0.867. The van der Waals surface area contributed by atoms with Crippen LogP contribution >= 0.6 is 0 Å². The molecule has 1 heteroatoms. The van der Waals surface area contributed by atoms with E-state index in [1.807, 2.05) is 6.92 Å². The van der Waals surface area contributed by atoms with Gasteiger partial charge in [-0.2, -0.15) is 0 Å². The van der Waals surface area contributed by atoms with Gasteiger partial charge in [0.05, 0.1) is 5.76 Å². The monoisotopic (exact) mass is 226 g/mol. The van der Waals surface area contributed by atoms with Gasteiger partial charge in [0, 0.05) is 6.42 Å². The van der Waals surface area contributed by atoms with E-state index in [2.05, 4.69) is 6.92 Å². The Morgan fingerprint density at radius 2 is 1.25 bits per heavy atom. The first kappa shape index (κ1) is 15.5. The predicted octanol–water partition coefficient (Wildman–Crippen LogP) is 5.76. The second kappa shape index (κ2) is 12.6. The second-order valence-electron chi connectivity index (χ2n) is 4.71. The van der Waals surface area contributed by atoms with Gasteiger partial charge in [0.1, 0.15) is 0 Å². The van der Waals surface area contributed by atoms with Crippen LogP contribution in [-0.4, -0.2) is 5.11 Å². The van der Waals surface area contributed by atoms with E-state index < -0.39 is 0 Å². The van der Waals surface area contributed by atoms with Crippen molar-refractivity contribution in [1.29, 1.82) is 0 Å². The van der Waals surface area contributed by atoms with E-state index in [4.69, 9.17) is 0 Å². The van der Waals surface area contributed by atoms with Gasteiger partial charge in [-0.1, -0.05) is 64.7 Å². The zero-order chi connectivity index (χ0) is 12.1. The number of hydrogen-bond donors (Lipinski definition) is 1. The predicted molar refractivity (Wildman–Crippen MR) is 72.8 cm³/mol. The van der Waals surface area contributed by atoms with E-state index in [1.54, 1.807) is 6.08 Å². The van der Waals surface area contributed by atoms with Crippen molar-refractivity contribution in [2.24, 2.45) is 0 Å². The molecule has 0 unspecified atom stereocenters. The summed E-state index contributed by atoms with van der Waals surface area (Å²) < 4.78 is 0. The number of hydrogen-bond acceptors (Lipinski definition) is 1. The van der Waals surface area contributed by atoms with E-state index in [-0.39, 0.29) is 0 Å². The van der Waals surface area contributed by atoms with Crippen LogP contribution in [0.4, 0.5) is 0 Å². The van der Waals surface area contributed by atoms with Crippen LogP contribution in [0.5, 0.6) is 0 Å². The van der Waals surface area contributed by atoms with Gasteiger partial charge in [-0.3, -0.25) is 0 Å². The van der Waals surface area contributed by atoms with Crippen molar-refractivity contribution in [3.63, 3.8) is 0 Å². The Morgan fingerprint density at radius 3 is 1.69 bits per heavy atom. The summed E-state index contributed by atoms with van der Waals surface area (Å²) in [5.41, 5.74) is 0. The molecule has 0 aliphatic carbocycles. The molecule has 0 fully saturated rings. The molecular weight excluding hydrogens is 196 g/mol. The highest BCUT2D eigenvalue weighted by Gasteiger charge is 1.94. The summed E-state index contributed by atoms with van der Waals surface area (Å²) in [5.74, 6) is 0.555. The maximum Gasteiger partial charge on any atom is 0.0880 e. The van der Waals surface area contributed by atoms with Crippen LogP contribution in [0.1, 0.15) is 84.5 Å². The minimum atomic E-state index is 0.555. The Labute approximate surface area is 102 Å². The minimum absolute atomic E-state index is 0.555. The Morgan fingerprint density at radius 1 is 0.812 bits per heavy atom. The first-order valence-electron chi connectivity index (χ1n) is 7.15. The lowest BCUT2D eigenvalue weighted by Crippen LogP contribution is -1.84. The van der Waals surface area contributed by atoms with Crippen LogP contribution < -0.4 is 0 Å². The average molecular weight is 226 g/mol. The first-order valence-corrected chi connectivity index (χ1v) is 7.15. The molecule has 0 saturated carbocycles. The zero-order valence-electron chi connectivity index (χ0n) is 11.3. The highest BCUT2D eigenvalue weighted by Crippen LogP contribution is 2.12. The Hall–Kier alpha value is -0.460. The quantitative estimate of drug-likeness (QED) is 0.351. The molecule has 0 bridgehead atoms. The normalized spacial score (nSPS) is 12.0. The zero-order valence-corrected chi connectivity index (χ0v) is 11.3. The molecule has 0 aromatic rings. The number of rotatable bonds is 11. The molecule has 0 aromatic heterocycles. The summed E-state index contributed by atoms with van der Waals surface area (Å²) in [7, 11) is 0. The lowest BCUT2D eigenvalue weighted by Gasteiger charge is -2.02. The van der Waals surface area contributed by atoms with Crippen molar-refractivity contribution in [2.45, 2.75) is 84.5 Å². The SMILES string of the molecule is CC=C(O)CCCCCCCCCCCC. The molecule has 0 amide bonds. The van der Waals surface area contributed by atoms with Crippen LogP contribution in [-0.2, 0) is 0 Å². The van der Waals surface area contributed by atoms with Gasteiger partial charge in [0.25, 0.3) is 0 Å². The van der Waals surface area contributed by atoms with Gasteiger partial charge < -0.3 is 5.11 Å². The van der Waals surface area contributed by atoms with Crippen molar-refractivity contribution < 1.29 is 5.11 Å². The number of aliphatic hydroxyl groups excluding tert-OH is 1. The number of unbranched alkanes of at least 4 members (excludes halogenated alkanes) is 9. The standard InChI is InChI=1S/C15H30O/c1-3-5-6-7-8-9-10-11-12-13-14-15(16)4-2/h4,16H,3,5-14H2,1-2H3. The molecule has 96 valence electrons. The van der Waals surface area contributed by atoms with Crippen molar-refractivity contribution in [3.8, 4) is 0 Å². The number of aliphatic hydroxyl groups is 1. The molecule has 0 spiro atoms. The molecule has 1 nitrogen and oxygen atoms in total. The lowest BCUT2D eigenvalue weighted by molar-refractivity contribution is 0.379. The molecular formula is C15H30O. The Kier molecular flexibility index (Phi) is 12.2. The van der Waals surface area contributed by atoms with Crippen LogP contribution in [0.25, 0.3) is 0 Å². The Bertz CT molecular complexity index is 161. The number of allylic oxidation sites excluding steroid dienone is 2. The third-order valence-corrected chi connectivity index (χ3v) is 3.12. The van der Waals surface area contributed by atoms with E-state index >= 15 is 0 Å². The highest BCUT2D eigenvalue weighted by atomic mass is 16.3. The fourth-order valence-corrected chi connectivity index (χ4v) is 1.94. The maximum absolute atomic E-state index is 9.24. The van der Waals surface area contributed by atoms with Gasteiger partial charge >= 0.3 is 0 Å². The van der Waals surface area contributed by atoms with Gasteiger partial charge in [-0.05, 0) is 19.4 Å². The van der Waals surface area contributed by atoms with E-state index in [0.29, 0.717) is 5.76 Å². The van der Waals surface area contributed by atoms with Crippen LogP contribution in [0.15, 0.2) is 11.8 Å². The summed E-state index contributed by atoms with van der Waals surface area (Å²) in [4.78, 5) is 0. The lowest BCUT2D eigenvalue weighted by atomic mass is 10.1. The van der Waals surface area contributed by atoms with E-state index in [9.17, 15) is 5.11 Å². The fourth-order valence-electron chi connectivity index (χ4n) is 1.94. The average Bonchev–Trinajstić information content (AvgIpc) is 2.31. The topological polar surface area (TPSA) is 20.2 Å². The molecule has 0 saturated heterocycles.